The summed E-state index contributed by atoms with van der Waals surface area (Å²) >= 11 is 1.56. The normalized spacial score (nSPS) is 22.3. The Morgan fingerprint density at radius 2 is 1.91 bits per heavy atom. The van der Waals surface area contributed by atoms with Crippen LogP contribution in [0.25, 0.3) is 0 Å². The van der Waals surface area contributed by atoms with Crippen molar-refractivity contribution >= 4 is 23.6 Å². The van der Waals surface area contributed by atoms with Crippen LogP contribution in [0, 0.1) is 5.41 Å². The lowest BCUT2D eigenvalue weighted by atomic mass is 9.89. The van der Waals surface area contributed by atoms with Gasteiger partial charge >= 0.3 is 0 Å². The number of hydrogen-bond acceptors (Lipinski definition) is 5. The fourth-order valence-corrected chi connectivity index (χ4v) is 3.41. The van der Waals surface area contributed by atoms with E-state index in [9.17, 15) is 14.7 Å². The van der Waals surface area contributed by atoms with Crippen LogP contribution < -0.4 is 0 Å². The molecule has 7 heteroatoms. The van der Waals surface area contributed by atoms with E-state index in [1.165, 1.54) is 0 Å². The molecular weight excluding hydrogens is 302 g/mol. The number of thioether (sulfide) groups is 1. The molecule has 2 heterocycles. The minimum atomic E-state index is -0.367. The molecular formula is C15H27N3O3S. The van der Waals surface area contributed by atoms with Gasteiger partial charge in [0.1, 0.15) is 6.54 Å². The number of aliphatic hydroxyl groups excluding tert-OH is 1. The number of carbonyl (C=O) groups is 2. The molecule has 1 unspecified atom stereocenters. The Morgan fingerprint density at radius 3 is 2.41 bits per heavy atom. The van der Waals surface area contributed by atoms with Gasteiger partial charge in [0, 0.05) is 32.7 Å². The van der Waals surface area contributed by atoms with Gasteiger partial charge < -0.3 is 14.9 Å². The summed E-state index contributed by atoms with van der Waals surface area (Å²) in [4.78, 5) is 29.5. The number of hydrogen-bond donors (Lipinski definition) is 1. The number of amides is 2. The third-order valence-electron chi connectivity index (χ3n) is 4.31. The number of nitrogens with zero attached hydrogens (tertiary/aromatic N) is 3. The summed E-state index contributed by atoms with van der Waals surface area (Å²) in [6, 6.07) is 0. The number of rotatable bonds is 4. The summed E-state index contributed by atoms with van der Waals surface area (Å²) in [7, 11) is 0. The van der Waals surface area contributed by atoms with Crippen LogP contribution in [0.3, 0.4) is 0 Å². The summed E-state index contributed by atoms with van der Waals surface area (Å²) in [6.07, 6.45) is -0.367. The van der Waals surface area contributed by atoms with Crippen molar-refractivity contribution < 1.29 is 14.7 Å². The standard InChI is InChI=1S/C15H27N3O3S/c1-15(2,3)12(19)8-16-4-6-17(7-5-16)13(20)9-18-11-22-10-14(18)21/h12,19H,4-11H2,1-3H3. The van der Waals surface area contributed by atoms with Gasteiger partial charge in [-0.05, 0) is 5.41 Å². The van der Waals surface area contributed by atoms with E-state index in [1.54, 1.807) is 16.7 Å². The van der Waals surface area contributed by atoms with E-state index in [0.717, 1.165) is 13.1 Å². The van der Waals surface area contributed by atoms with Crippen molar-refractivity contribution in [2.75, 3.05) is 50.9 Å². The molecule has 2 amide bonds. The first-order valence-electron chi connectivity index (χ1n) is 7.81. The van der Waals surface area contributed by atoms with Gasteiger partial charge in [-0.3, -0.25) is 14.5 Å². The zero-order chi connectivity index (χ0) is 16.3. The molecule has 2 aliphatic rings. The van der Waals surface area contributed by atoms with E-state index in [1.807, 2.05) is 25.7 Å². The predicted octanol–water partition coefficient (Wildman–Crippen LogP) is 0.0705. The molecule has 1 N–H and O–H groups in total. The van der Waals surface area contributed by atoms with Crippen LogP contribution in [0.15, 0.2) is 0 Å². The van der Waals surface area contributed by atoms with Gasteiger partial charge in [-0.25, -0.2) is 0 Å². The van der Waals surface area contributed by atoms with Crippen molar-refractivity contribution in [1.82, 2.24) is 14.7 Å². The molecule has 2 aliphatic heterocycles. The molecule has 0 aromatic carbocycles. The largest absolute Gasteiger partial charge is 0.391 e. The lowest BCUT2D eigenvalue weighted by molar-refractivity contribution is -0.139. The molecule has 0 bridgehead atoms. The maximum Gasteiger partial charge on any atom is 0.242 e. The molecule has 0 aromatic heterocycles. The van der Waals surface area contributed by atoms with E-state index in [4.69, 9.17) is 0 Å². The monoisotopic (exact) mass is 329 g/mol. The van der Waals surface area contributed by atoms with Crippen LogP contribution in [0.5, 0.6) is 0 Å². The van der Waals surface area contributed by atoms with Crippen LogP contribution in [0.1, 0.15) is 20.8 Å². The quantitative estimate of drug-likeness (QED) is 0.791. The SMILES string of the molecule is CC(C)(C)C(O)CN1CCN(C(=O)CN2CSCC2=O)CC1. The average Bonchev–Trinajstić information content (AvgIpc) is 2.84. The second kappa shape index (κ2) is 7.19. The van der Waals surface area contributed by atoms with E-state index in [2.05, 4.69) is 4.90 Å². The van der Waals surface area contributed by atoms with Gasteiger partial charge in [0.15, 0.2) is 0 Å². The predicted molar refractivity (Wildman–Crippen MR) is 87.5 cm³/mol. The lowest BCUT2D eigenvalue weighted by Gasteiger charge is -2.38. The Hall–Kier alpha value is -0.790. The molecule has 2 saturated heterocycles. The Bertz CT molecular complexity index is 417. The second-order valence-corrected chi connectivity index (χ2v) is 8.09. The van der Waals surface area contributed by atoms with Crippen molar-refractivity contribution in [2.45, 2.75) is 26.9 Å². The fourth-order valence-electron chi connectivity index (χ4n) is 2.50. The van der Waals surface area contributed by atoms with Gasteiger partial charge in [0.05, 0.1) is 17.7 Å². The maximum absolute atomic E-state index is 12.2. The molecule has 126 valence electrons. The minimum Gasteiger partial charge on any atom is -0.391 e. The van der Waals surface area contributed by atoms with E-state index < -0.39 is 0 Å². The molecule has 1 atom stereocenters. The minimum absolute atomic E-state index is 0.0341. The molecule has 0 saturated carbocycles. The number of β-amino-alcohol motifs (C(OH)–C–C–N with tert-alkyl or cyclic N) is 1. The summed E-state index contributed by atoms with van der Waals surface area (Å²) in [5, 5.41) is 10.2. The topological polar surface area (TPSA) is 64.1 Å². The molecule has 2 rings (SSSR count). The molecule has 6 nitrogen and oxygen atoms in total. The molecule has 0 aliphatic carbocycles. The summed E-state index contributed by atoms with van der Waals surface area (Å²) in [6.45, 7) is 9.84. The van der Waals surface area contributed by atoms with Crippen LogP contribution >= 0.6 is 11.8 Å². The van der Waals surface area contributed by atoms with Gasteiger partial charge in [0.25, 0.3) is 0 Å². The van der Waals surface area contributed by atoms with Crippen molar-refractivity contribution in [3.05, 3.63) is 0 Å². The Balaban J connectivity index is 1.74. The average molecular weight is 329 g/mol. The van der Waals surface area contributed by atoms with E-state index >= 15 is 0 Å². The van der Waals surface area contributed by atoms with Gasteiger partial charge in [-0.2, -0.15) is 0 Å². The highest BCUT2D eigenvalue weighted by Gasteiger charge is 2.29. The third-order valence-corrected chi connectivity index (χ3v) is 5.25. The Labute approximate surface area is 136 Å². The maximum atomic E-state index is 12.2. The third kappa shape index (κ3) is 4.60. The fraction of sp³-hybridized carbons (Fsp3) is 0.867. The number of piperazine rings is 1. The first-order chi connectivity index (χ1) is 10.3. The smallest absolute Gasteiger partial charge is 0.242 e. The molecule has 2 fully saturated rings. The highest BCUT2D eigenvalue weighted by atomic mass is 32.2. The van der Waals surface area contributed by atoms with Crippen LogP contribution in [0.4, 0.5) is 0 Å². The summed E-state index contributed by atoms with van der Waals surface area (Å²) in [5.41, 5.74) is -0.124. The highest BCUT2D eigenvalue weighted by molar-refractivity contribution is 8.00. The van der Waals surface area contributed by atoms with E-state index in [0.29, 0.717) is 31.3 Å². The molecule has 0 spiro atoms. The van der Waals surface area contributed by atoms with Crippen LogP contribution in [-0.2, 0) is 9.59 Å². The molecule has 22 heavy (non-hydrogen) atoms. The van der Waals surface area contributed by atoms with Gasteiger partial charge in [0.2, 0.25) is 11.8 Å². The zero-order valence-electron chi connectivity index (χ0n) is 13.7. The highest BCUT2D eigenvalue weighted by Crippen LogP contribution is 2.20. The first-order valence-corrected chi connectivity index (χ1v) is 8.96. The lowest BCUT2D eigenvalue weighted by Crippen LogP contribution is -2.53. The first kappa shape index (κ1) is 17.6. The molecule has 0 radical (unpaired) electrons. The second-order valence-electron chi connectivity index (χ2n) is 7.13. The number of aliphatic hydroxyl groups is 1. The van der Waals surface area contributed by atoms with Crippen LogP contribution in [-0.4, -0.2) is 88.6 Å². The molecule has 0 aromatic rings. The number of carbonyl (C=O) groups excluding carboxylic acids is 2. The van der Waals surface area contributed by atoms with Gasteiger partial charge in [-0.15, -0.1) is 11.8 Å². The van der Waals surface area contributed by atoms with Crippen molar-refractivity contribution in [3.63, 3.8) is 0 Å². The van der Waals surface area contributed by atoms with Crippen molar-refractivity contribution in [1.29, 1.82) is 0 Å². The summed E-state index contributed by atoms with van der Waals surface area (Å²) < 4.78 is 0. The van der Waals surface area contributed by atoms with Crippen LogP contribution in [0.2, 0.25) is 0 Å². The Kier molecular flexibility index (Phi) is 5.74. The van der Waals surface area contributed by atoms with Gasteiger partial charge in [-0.1, -0.05) is 20.8 Å². The summed E-state index contributed by atoms with van der Waals surface area (Å²) in [5.74, 6) is 1.21. The van der Waals surface area contributed by atoms with Crippen molar-refractivity contribution in [2.24, 2.45) is 5.41 Å². The zero-order valence-corrected chi connectivity index (χ0v) is 14.6. The van der Waals surface area contributed by atoms with E-state index in [-0.39, 0.29) is 29.9 Å². The van der Waals surface area contributed by atoms with Crippen molar-refractivity contribution in [3.8, 4) is 0 Å². The Morgan fingerprint density at radius 1 is 1.27 bits per heavy atom.